The zero-order valence-corrected chi connectivity index (χ0v) is 13.0. The van der Waals surface area contributed by atoms with E-state index in [-0.39, 0.29) is 5.41 Å². The van der Waals surface area contributed by atoms with E-state index in [1.807, 2.05) is 0 Å². The lowest BCUT2D eigenvalue weighted by Crippen LogP contribution is -2.31. The molecule has 1 aromatic heterocycles. The number of nitrogens with zero attached hydrogens (tertiary/aromatic N) is 1. The van der Waals surface area contributed by atoms with Crippen molar-refractivity contribution in [1.29, 1.82) is 0 Å². The van der Waals surface area contributed by atoms with Gasteiger partial charge in [-0.2, -0.15) is 0 Å². The average Bonchev–Trinajstić information content (AvgIpc) is 3.05. The molecule has 0 aliphatic heterocycles. The summed E-state index contributed by atoms with van der Waals surface area (Å²) in [6.07, 6.45) is 2.53. The molecule has 2 bridgehead atoms. The third kappa shape index (κ3) is 1.50. The Morgan fingerprint density at radius 2 is 2.14 bits per heavy atom. The lowest BCUT2D eigenvalue weighted by molar-refractivity contribution is 0.226. The number of fused-ring (bicyclic) bond motifs is 5. The van der Waals surface area contributed by atoms with Gasteiger partial charge in [-0.25, -0.2) is 4.98 Å². The van der Waals surface area contributed by atoms with Gasteiger partial charge in [-0.15, -0.1) is 0 Å². The molecular weight excluding hydrogens is 258 g/mol. The van der Waals surface area contributed by atoms with Crippen molar-refractivity contribution >= 4 is 0 Å². The highest BCUT2D eigenvalue weighted by Crippen LogP contribution is 2.67. The van der Waals surface area contributed by atoms with Gasteiger partial charge in [0, 0.05) is 29.1 Å². The van der Waals surface area contributed by atoms with Crippen LogP contribution in [0.4, 0.5) is 0 Å². The number of nitrogens with two attached hydrogens (primary N) is 1. The minimum atomic E-state index is 0.216. The highest BCUT2D eigenvalue weighted by molar-refractivity contribution is 5.59. The Kier molecular flexibility index (Phi) is 2.48. The van der Waals surface area contributed by atoms with Gasteiger partial charge in [0.05, 0.1) is 5.69 Å². The van der Waals surface area contributed by atoms with Gasteiger partial charge in [0.1, 0.15) is 5.82 Å². The fraction of sp³-hybridized carbons (Fsp3) is 0.500. The van der Waals surface area contributed by atoms with E-state index in [1.54, 1.807) is 0 Å². The molecule has 0 spiro atoms. The molecule has 0 amide bonds. The van der Waals surface area contributed by atoms with Crippen LogP contribution >= 0.6 is 0 Å². The number of benzene rings is 1. The Labute approximate surface area is 126 Å². The summed E-state index contributed by atoms with van der Waals surface area (Å²) in [5, 5.41) is 0. The van der Waals surface area contributed by atoms with Crippen molar-refractivity contribution in [1.82, 2.24) is 9.97 Å². The van der Waals surface area contributed by atoms with E-state index in [1.165, 1.54) is 24.2 Å². The molecule has 2 aromatic rings. The third-order valence-electron chi connectivity index (χ3n) is 6.27. The highest BCUT2D eigenvalue weighted by Gasteiger charge is 2.61. The van der Waals surface area contributed by atoms with Gasteiger partial charge >= 0.3 is 0 Å². The van der Waals surface area contributed by atoms with Crippen LogP contribution in [0.25, 0.3) is 11.4 Å². The van der Waals surface area contributed by atoms with Crippen LogP contribution in [-0.2, 0) is 12.0 Å². The van der Waals surface area contributed by atoms with Crippen LogP contribution in [0.5, 0.6) is 0 Å². The standard InChI is InChI=1S/C18H23N3/c1-17(2)13-7-8-18(17,3)15-14(13)20-16(21-15)12-6-4-5-11(9-12)10-19/h4-6,9,13H,7-8,10,19H2,1-3H3,(H,20,21). The first kappa shape index (κ1) is 13.1. The monoisotopic (exact) mass is 281 g/mol. The minimum absolute atomic E-state index is 0.216. The molecule has 110 valence electrons. The molecule has 1 heterocycles. The molecule has 4 rings (SSSR count). The van der Waals surface area contributed by atoms with Gasteiger partial charge < -0.3 is 10.7 Å². The normalized spacial score (nSPS) is 28.9. The Hall–Kier alpha value is -1.61. The number of hydrogen-bond acceptors (Lipinski definition) is 2. The molecule has 0 radical (unpaired) electrons. The van der Waals surface area contributed by atoms with Crippen molar-refractivity contribution in [2.75, 3.05) is 0 Å². The fourth-order valence-electron chi connectivity index (χ4n) is 4.47. The molecule has 3 heteroatoms. The van der Waals surface area contributed by atoms with Crippen LogP contribution < -0.4 is 5.73 Å². The van der Waals surface area contributed by atoms with Crippen LogP contribution in [0.1, 0.15) is 56.5 Å². The van der Waals surface area contributed by atoms with Gasteiger partial charge in [-0.3, -0.25) is 0 Å². The topological polar surface area (TPSA) is 54.7 Å². The van der Waals surface area contributed by atoms with E-state index in [4.69, 9.17) is 10.7 Å². The van der Waals surface area contributed by atoms with Crippen molar-refractivity contribution in [2.24, 2.45) is 11.1 Å². The zero-order valence-electron chi connectivity index (χ0n) is 13.0. The molecule has 3 N–H and O–H groups in total. The van der Waals surface area contributed by atoms with Crippen LogP contribution in [0.15, 0.2) is 24.3 Å². The van der Waals surface area contributed by atoms with Gasteiger partial charge in [0.25, 0.3) is 0 Å². The number of aromatic nitrogens is 2. The first-order valence-corrected chi connectivity index (χ1v) is 7.87. The number of hydrogen-bond donors (Lipinski definition) is 2. The quantitative estimate of drug-likeness (QED) is 0.881. The summed E-state index contributed by atoms with van der Waals surface area (Å²) in [5.74, 6) is 1.63. The number of aromatic amines is 1. The summed E-state index contributed by atoms with van der Waals surface area (Å²) in [7, 11) is 0. The average molecular weight is 281 g/mol. The summed E-state index contributed by atoms with van der Waals surface area (Å²) in [4.78, 5) is 8.61. The smallest absolute Gasteiger partial charge is 0.137 e. The summed E-state index contributed by atoms with van der Waals surface area (Å²) in [5.41, 5.74) is 11.3. The summed E-state index contributed by atoms with van der Waals surface area (Å²) in [6.45, 7) is 7.76. The molecular formula is C18H23N3. The van der Waals surface area contributed by atoms with E-state index in [9.17, 15) is 0 Å². The molecule has 1 aromatic carbocycles. The van der Waals surface area contributed by atoms with Crippen LogP contribution in [0.3, 0.4) is 0 Å². The summed E-state index contributed by atoms with van der Waals surface area (Å²) in [6, 6.07) is 8.38. The molecule has 21 heavy (non-hydrogen) atoms. The van der Waals surface area contributed by atoms with Gasteiger partial charge in [-0.1, -0.05) is 39.0 Å². The Balaban J connectivity index is 1.82. The molecule has 2 atom stereocenters. The maximum Gasteiger partial charge on any atom is 0.137 e. The number of imidazole rings is 1. The molecule has 2 aliphatic carbocycles. The fourth-order valence-corrected chi connectivity index (χ4v) is 4.47. The van der Waals surface area contributed by atoms with Crippen molar-refractivity contribution in [2.45, 2.75) is 51.5 Å². The third-order valence-corrected chi connectivity index (χ3v) is 6.27. The van der Waals surface area contributed by atoms with Gasteiger partial charge in [0.2, 0.25) is 0 Å². The zero-order chi connectivity index (χ0) is 14.8. The number of H-pyrrole nitrogens is 1. The van der Waals surface area contributed by atoms with Gasteiger partial charge in [0.15, 0.2) is 0 Å². The first-order chi connectivity index (χ1) is 9.97. The first-order valence-electron chi connectivity index (χ1n) is 7.87. The predicted octanol–water partition coefficient (Wildman–Crippen LogP) is 3.71. The minimum Gasteiger partial charge on any atom is -0.341 e. The largest absolute Gasteiger partial charge is 0.341 e. The second kappa shape index (κ2) is 3.98. The molecule has 1 saturated carbocycles. The summed E-state index contributed by atoms with van der Waals surface area (Å²) < 4.78 is 0. The number of rotatable bonds is 2. The second-order valence-corrected chi connectivity index (χ2v) is 7.40. The second-order valence-electron chi connectivity index (χ2n) is 7.40. The highest BCUT2D eigenvalue weighted by atomic mass is 15.0. The van der Waals surface area contributed by atoms with E-state index >= 15 is 0 Å². The lowest BCUT2D eigenvalue weighted by Gasteiger charge is -2.34. The van der Waals surface area contributed by atoms with Crippen molar-refractivity contribution in [3.63, 3.8) is 0 Å². The predicted molar refractivity (Wildman–Crippen MR) is 85.0 cm³/mol. The Morgan fingerprint density at radius 1 is 1.33 bits per heavy atom. The van der Waals surface area contributed by atoms with E-state index < -0.39 is 0 Å². The lowest BCUT2D eigenvalue weighted by atomic mass is 9.70. The number of nitrogens with one attached hydrogen (secondary N) is 1. The van der Waals surface area contributed by atoms with Crippen molar-refractivity contribution in [3.8, 4) is 11.4 Å². The molecule has 0 saturated heterocycles. The SMILES string of the molecule is CC12CCC(c3[nH]c(-c4cccc(CN)c4)nc31)C2(C)C. The van der Waals surface area contributed by atoms with E-state index in [2.05, 4.69) is 50.0 Å². The van der Waals surface area contributed by atoms with Crippen LogP contribution in [-0.4, -0.2) is 9.97 Å². The maximum absolute atomic E-state index is 5.75. The molecule has 3 nitrogen and oxygen atoms in total. The summed E-state index contributed by atoms with van der Waals surface area (Å²) >= 11 is 0. The van der Waals surface area contributed by atoms with Gasteiger partial charge in [-0.05, 0) is 29.9 Å². The molecule has 1 fully saturated rings. The van der Waals surface area contributed by atoms with E-state index in [0.29, 0.717) is 17.9 Å². The van der Waals surface area contributed by atoms with Crippen LogP contribution in [0, 0.1) is 5.41 Å². The molecule has 2 unspecified atom stereocenters. The van der Waals surface area contributed by atoms with Crippen molar-refractivity contribution < 1.29 is 0 Å². The van der Waals surface area contributed by atoms with Crippen molar-refractivity contribution in [3.05, 3.63) is 41.2 Å². The maximum atomic E-state index is 5.75. The Morgan fingerprint density at radius 3 is 2.86 bits per heavy atom. The van der Waals surface area contributed by atoms with E-state index in [0.717, 1.165) is 17.0 Å². The van der Waals surface area contributed by atoms with Crippen LogP contribution in [0.2, 0.25) is 0 Å². The molecule has 2 aliphatic rings. The Bertz CT molecular complexity index is 713.